The molecule has 1 heterocycles. The molecule has 45 valence electrons. The molecule has 0 spiro atoms. The van der Waals surface area contributed by atoms with Crippen LogP contribution in [0.5, 0.6) is 0 Å². The Labute approximate surface area is 53.0 Å². The van der Waals surface area contributed by atoms with Crippen LogP contribution in [0.1, 0.15) is 12.8 Å². The summed E-state index contributed by atoms with van der Waals surface area (Å²) in [4.78, 5) is 9.71. The molecule has 3 heteroatoms. The second-order valence-electron chi connectivity index (χ2n) is 1.75. The number of amides is 1. The van der Waals surface area contributed by atoms with Gasteiger partial charge in [0, 0.05) is 0 Å². The molecule has 1 radical (unpaired) electrons. The molecule has 0 aromatic rings. The highest BCUT2D eigenvalue weighted by molar-refractivity contribution is 8.00. The normalized spacial score (nSPS) is 27.8. The smallest absolute Gasteiger partial charge is 0.310 e. The lowest BCUT2D eigenvalue weighted by Gasteiger charge is -2.01. The fourth-order valence-corrected chi connectivity index (χ4v) is 1.84. The summed E-state index contributed by atoms with van der Waals surface area (Å²) in [7, 11) is 0. The molecule has 1 fully saturated rings. The van der Waals surface area contributed by atoms with Crippen molar-refractivity contribution in [3.05, 3.63) is 0 Å². The van der Waals surface area contributed by atoms with Crippen molar-refractivity contribution in [1.82, 2.24) is 5.32 Å². The van der Waals surface area contributed by atoms with Crippen molar-refractivity contribution < 1.29 is 4.79 Å². The molecule has 8 heavy (non-hydrogen) atoms. The minimum atomic E-state index is 0.354. The van der Waals surface area contributed by atoms with Gasteiger partial charge in [0.2, 0.25) is 0 Å². The van der Waals surface area contributed by atoms with Crippen LogP contribution in [0.4, 0.5) is 0 Å². The molecule has 0 saturated carbocycles. The Morgan fingerprint density at radius 1 is 1.75 bits per heavy atom. The van der Waals surface area contributed by atoms with Crippen LogP contribution in [0.15, 0.2) is 0 Å². The predicted molar refractivity (Wildman–Crippen MR) is 34.3 cm³/mol. The van der Waals surface area contributed by atoms with Gasteiger partial charge in [0.05, 0.1) is 5.37 Å². The van der Waals surface area contributed by atoms with Crippen molar-refractivity contribution in [2.24, 2.45) is 0 Å². The van der Waals surface area contributed by atoms with Crippen LogP contribution in [-0.2, 0) is 4.79 Å². The summed E-state index contributed by atoms with van der Waals surface area (Å²) in [6.45, 7) is 0. The van der Waals surface area contributed by atoms with Gasteiger partial charge in [-0.15, -0.1) is 11.8 Å². The SMILES string of the molecule is O=[C]NC1CCCS1. The first kappa shape index (κ1) is 5.95. The van der Waals surface area contributed by atoms with Crippen LogP contribution in [0, 0.1) is 0 Å². The van der Waals surface area contributed by atoms with Crippen molar-refractivity contribution in [1.29, 1.82) is 0 Å². The molecule has 1 unspecified atom stereocenters. The first-order chi connectivity index (χ1) is 3.93. The summed E-state index contributed by atoms with van der Waals surface area (Å²) >= 11 is 1.79. The topological polar surface area (TPSA) is 29.1 Å². The molecule has 0 aliphatic carbocycles. The molecule has 0 aromatic heterocycles. The highest BCUT2D eigenvalue weighted by Crippen LogP contribution is 2.22. The summed E-state index contributed by atoms with van der Waals surface area (Å²) in [6, 6.07) is 0. The lowest BCUT2D eigenvalue weighted by atomic mass is 10.3. The van der Waals surface area contributed by atoms with E-state index in [0.717, 1.165) is 6.42 Å². The van der Waals surface area contributed by atoms with Crippen molar-refractivity contribution in [3.8, 4) is 0 Å². The second-order valence-corrected chi connectivity index (χ2v) is 3.06. The minimum absolute atomic E-state index is 0.354. The number of rotatable bonds is 2. The molecule has 1 aliphatic rings. The maximum Gasteiger partial charge on any atom is 0.310 e. The molecule has 1 atom stereocenters. The Kier molecular flexibility index (Phi) is 2.21. The third kappa shape index (κ3) is 1.40. The zero-order valence-corrected chi connectivity index (χ0v) is 5.33. The van der Waals surface area contributed by atoms with Crippen molar-refractivity contribution >= 4 is 18.2 Å². The van der Waals surface area contributed by atoms with Gasteiger partial charge < -0.3 is 5.32 Å². The first-order valence-electron chi connectivity index (χ1n) is 2.68. The van der Waals surface area contributed by atoms with Gasteiger partial charge in [0.25, 0.3) is 0 Å². The second kappa shape index (κ2) is 2.97. The zero-order valence-electron chi connectivity index (χ0n) is 4.52. The maximum absolute atomic E-state index is 9.71. The third-order valence-corrected chi connectivity index (χ3v) is 2.43. The zero-order chi connectivity index (χ0) is 5.82. The van der Waals surface area contributed by atoms with E-state index < -0.39 is 0 Å². The van der Waals surface area contributed by atoms with Crippen LogP contribution in [-0.4, -0.2) is 17.5 Å². The molecule has 0 aromatic carbocycles. The lowest BCUT2D eigenvalue weighted by molar-refractivity contribution is 0.537. The molecule has 1 N–H and O–H groups in total. The van der Waals surface area contributed by atoms with Crippen LogP contribution in [0.25, 0.3) is 0 Å². The van der Waals surface area contributed by atoms with Gasteiger partial charge in [0.15, 0.2) is 0 Å². The monoisotopic (exact) mass is 130 g/mol. The Morgan fingerprint density at radius 3 is 3.12 bits per heavy atom. The Balaban J connectivity index is 2.14. The summed E-state index contributed by atoms with van der Waals surface area (Å²) < 4.78 is 0. The van der Waals surface area contributed by atoms with E-state index in [1.165, 1.54) is 12.2 Å². The van der Waals surface area contributed by atoms with Crippen LogP contribution in [0.3, 0.4) is 0 Å². The number of carbonyl (C=O) groups excluding carboxylic acids is 1. The van der Waals surface area contributed by atoms with E-state index >= 15 is 0 Å². The van der Waals surface area contributed by atoms with Gasteiger partial charge in [-0.25, -0.2) is 0 Å². The summed E-state index contributed by atoms with van der Waals surface area (Å²) in [5.74, 6) is 1.18. The molecule has 1 aliphatic heterocycles. The van der Waals surface area contributed by atoms with Crippen molar-refractivity contribution in [3.63, 3.8) is 0 Å². The predicted octanol–water partition coefficient (Wildman–Crippen LogP) is 0.496. The number of thioether (sulfide) groups is 1. The van der Waals surface area contributed by atoms with Gasteiger partial charge in [-0.1, -0.05) is 0 Å². The average molecular weight is 130 g/mol. The summed E-state index contributed by atoms with van der Waals surface area (Å²) in [6.07, 6.45) is 4.03. The van der Waals surface area contributed by atoms with Crippen molar-refractivity contribution in [2.75, 3.05) is 5.75 Å². The molecular weight excluding hydrogens is 122 g/mol. The lowest BCUT2D eigenvalue weighted by Crippen LogP contribution is -2.20. The van der Waals surface area contributed by atoms with Crippen LogP contribution in [0.2, 0.25) is 0 Å². The average Bonchev–Trinajstić information content (AvgIpc) is 2.19. The van der Waals surface area contributed by atoms with Gasteiger partial charge in [0.1, 0.15) is 0 Å². The van der Waals surface area contributed by atoms with E-state index in [2.05, 4.69) is 5.32 Å². The van der Waals surface area contributed by atoms with Crippen LogP contribution >= 0.6 is 11.8 Å². The third-order valence-electron chi connectivity index (χ3n) is 1.15. The van der Waals surface area contributed by atoms with E-state index in [-0.39, 0.29) is 0 Å². The van der Waals surface area contributed by atoms with Gasteiger partial charge in [-0.3, -0.25) is 4.79 Å². The standard InChI is InChI=1S/C5H8NOS/c7-4-6-5-2-1-3-8-5/h5H,1-3H2,(H,6,7). The van der Waals surface area contributed by atoms with E-state index in [1.54, 1.807) is 18.2 Å². The van der Waals surface area contributed by atoms with Gasteiger partial charge in [-0.05, 0) is 18.6 Å². The summed E-state index contributed by atoms with van der Waals surface area (Å²) in [5, 5.41) is 2.96. The molecule has 0 bridgehead atoms. The molecule has 1 rings (SSSR count). The Bertz CT molecular complexity index is 80.5. The highest BCUT2D eigenvalue weighted by Gasteiger charge is 2.13. The molecule has 1 amide bonds. The van der Waals surface area contributed by atoms with E-state index in [9.17, 15) is 4.79 Å². The largest absolute Gasteiger partial charge is 0.336 e. The molecule has 2 nitrogen and oxygen atoms in total. The van der Waals surface area contributed by atoms with Gasteiger partial charge >= 0.3 is 6.41 Å². The van der Waals surface area contributed by atoms with Crippen LogP contribution < -0.4 is 5.32 Å². The minimum Gasteiger partial charge on any atom is -0.336 e. The van der Waals surface area contributed by atoms with E-state index in [4.69, 9.17) is 0 Å². The maximum atomic E-state index is 9.71. The quantitative estimate of drug-likeness (QED) is 0.551. The first-order valence-corrected chi connectivity index (χ1v) is 3.72. The number of hydrogen-bond acceptors (Lipinski definition) is 2. The molecule has 1 saturated heterocycles. The van der Waals surface area contributed by atoms with E-state index in [0.29, 0.717) is 5.37 Å². The molecular formula is C5H8NOS. The van der Waals surface area contributed by atoms with Gasteiger partial charge in [-0.2, -0.15) is 0 Å². The highest BCUT2D eigenvalue weighted by atomic mass is 32.2. The Morgan fingerprint density at radius 2 is 2.62 bits per heavy atom. The van der Waals surface area contributed by atoms with E-state index in [1.807, 2.05) is 0 Å². The number of hydrogen-bond donors (Lipinski definition) is 1. The Hall–Kier alpha value is -0.180. The van der Waals surface area contributed by atoms with Crippen molar-refractivity contribution in [2.45, 2.75) is 18.2 Å². The fraction of sp³-hybridized carbons (Fsp3) is 0.800. The number of nitrogens with one attached hydrogen (secondary N) is 1. The fourth-order valence-electron chi connectivity index (χ4n) is 0.757. The summed E-state index contributed by atoms with van der Waals surface area (Å²) in [5.41, 5.74) is 0.